The number of fused-ring (bicyclic) bond motifs is 1. The normalized spacial score (nSPS) is 12.4. The molecule has 0 saturated heterocycles. The number of halogens is 1. The highest BCUT2D eigenvalue weighted by atomic mass is 35.5. The first-order valence-electron chi connectivity index (χ1n) is 8.31. The van der Waals surface area contributed by atoms with E-state index in [2.05, 4.69) is 5.32 Å². The van der Waals surface area contributed by atoms with Crippen LogP contribution in [0.1, 0.15) is 17.3 Å². The number of anilines is 1. The molecule has 2 aromatic carbocycles. The van der Waals surface area contributed by atoms with Crippen LogP contribution in [0, 0.1) is 0 Å². The number of ether oxygens (including phenoxy) is 2. The zero-order valence-electron chi connectivity index (χ0n) is 14.3. The van der Waals surface area contributed by atoms with E-state index in [1.54, 1.807) is 42.5 Å². The van der Waals surface area contributed by atoms with E-state index in [0.29, 0.717) is 47.5 Å². The Morgan fingerprint density at radius 3 is 2.62 bits per heavy atom. The fourth-order valence-electron chi connectivity index (χ4n) is 2.63. The molecule has 0 aliphatic carbocycles. The summed E-state index contributed by atoms with van der Waals surface area (Å²) in [5.74, 6) is 0.711. The molecule has 1 aliphatic heterocycles. The lowest BCUT2D eigenvalue weighted by Gasteiger charge is -2.21. The third kappa shape index (κ3) is 4.26. The summed E-state index contributed by atoms with van der Waals surface area (Å²) in [4.78, 5) is 26.4. The van der Waals surface area contributed by atoms with E-state index in [9.17, 15) is 9.59 Å². The van der Waals surface area contributed by atoms with Crippen LogP contribution in [0.3, 0.4) is 0 Å². The molecule has 26 heavy (non-hydrogen) atoms. The van der Waals surface area contributed by atoms with Gasteiger partial charge in [-0.3, -0.25) is 9.59 Å². The van der Waals surface area contributed by atoms with Gasteiger partial charge in [-0.05, 0) is 37.3 Å². The molecule has 3 rings (SSSR count). The van der Waals surface area contributed by atoms with Gasteiger partial charge in [0.1, 0.15) is 19.8 Å². The summed E-state index contributed by atoms with van der Waals surface area (Å²) in [6, 6.07) is 11.9. The van der Waals surface area contributed by atoms with Crippen molar-refractivity contribution in [3.63, 3.8) is 0 Å². The average Bonchev–Trinajstić information content (AvgIpc) is 2.65. The van der Waals surface area contributed by atoms with Crippen molar-refractivity contribution in [2.75, 3.05) is 31.6 Å². The number of likely N-dealkylation sites (N-methyl/N-ethyl adjacent to an activating group) is 1. The van der Waals surface area contributed by atoms with Crippen molar-refractivity contribution < 1.29 is 19.1 Å². The molecule has 0 spiro atoms. The summed E-state index contributed by atoms with van der Waals surface area (Å²) in [6.45, 7) is 3.15. The van der Waals surface area contributed by atoms with Gasteiger partial charge < -0.3 is 19.7 Å². The first-order chi connectivity index (χ1) is 12.6. The number of hydrogen-bond acceptors (Lipinski definition) is 4. The second-order valence-electron chi connectivity index (χ2n) is 5.74. The van der Waals surface area contributed by atoms with Crippen LogP contribution >= 0.6 is 11.6 Å². The van der Waals surface area contributed by atoms with Crippen LogP contribution in [0.5, 0.6) is 11.5 Å². The molecule has 1 aliphatic rings. The Hall–Kier alpha value is -2.73. The molecule has 0 bridgehead atoms. The number of amides is 2. The minimum atomic E-state index is -0.293. The van der Waals surface area contributed by atoms with Crippen LogP contribution in [0.15, 0.2) is 42.5 Å². The summed E-state index contributed by atoms with van der Waals surface area (Å²) in [6.07, 6.45) is 0. The molecule has 2 amide bonds. The average molecular weight is 375 g/mol. The molecule has 0 fully saturated rings. The Balaban J connectivity index is 1.65. The van der Waals surface area contributed by atoms with Crippen molar-refractivity contribution in [2.24, 2.45) is 0 Å². The number of benzene rings is 2. The molecule has 0 aromatic heterocycles. The number of carbonyl (C=O) groups excluding carboxylic acids is 2. The minimum absolute atomic E-state index is 0.0592. The van der Waals surface area contributed by atoms with Gasteiger partial charge >= 0.3 is 0 Å². The molecular weight excluding hydrogens is 356 g/mol. The molecular formula is C19H19ClN2O4. The maximum Gasteiger partial charge on any atom is 0.254 e. The van der Waals surface area contributed by atoms with Crippen LogP contribution in [0.2, 0.25) is 5.02 Å². The number of hydrogen-bond donors (Lipinski definition) is 1. The topological polar surface area (TPSA) is 67.9 Å². The van der Waals surface area contributed by atoms with Gasteiger partial charge in [-0.15, -0.1) is 0 Å². The van der Waals surface area contributed by atoms with Gasteiger partial charge in [-0.2, -0.15) is 0 Å². The molecule has 0 saturated carbocycles. The number of rotatable bonds is 5. The van der Waals surface area contributed by atoms with Gasteiger partial charge in [-0.1, -0.05) is 17.7 Å². The Morgan fingerprint density at radius 1 is 1.12 bits per heavy atom. The standard InChI is InChI=1S/C19H19ClN2O4/c1-2-22(19(24)13-4-3-5-14(20)10-13)12-18(23)21-15-6-7-16-17(11-15)26-9-8-25-16/h3-7,10-11H,2,8-9,12H2,1H3,(H,21,23). The maximum atomic E-state index is 12.6. The van der Waals surface area contributed by atoms with Gasteiger partial charge in [0.2, 0.25) is 5.91 Å². The highest BCUT2D eigenvalue weighted by molar-refractivity contribution is 6.31. The fourth-order valence-corrected chi connectivity index (χ4v) is 2.82. The monoisotopic (exact) mass is 374 g/mol. The largest absolute Gasteiger partial charge is 0.486 e. The molecule has 0 atom stereocenters. The highest BCUT2D eigenvalue weighted by Crippen LogP contribution is 2.32. The summed E-state index contributed by atoms with van der Waals surface area (Å²) in [5.41, 5.74) is 1.04. The summed E-state index contributed by atoms with van der Waals surface area (Å²) in [7, 11) is 0. The zero-order chi connectivity index (χ0) is 18.5. The highest BCUT2D eigenvalue weighted by Gasteiger charge is 2.18. The molecule has 1 heterocycles. The second kappa shape index (κ2) is 8.10. The van der Waals surface area contributed by atoms with Gasteiger partial charge in [0.25, 0.3) is 5.91 Å². The third-order valence-electron chi connectivity index (χ3n) is 3.90. The molecule has 2 aromatic rings. The summed E-state index contributed by atoms with van der Waals surface area (Å²) in [5, 5.41) is 3.26. The molecule has 0 radical (unpaired) electrons. The predicted molar refractivity (Wildman–Crippen MR) is 99.1 cm³/mol. The fraction of sp³-hybridized carbons (Fsp3) is 0.263. The maximum absolute atomic E-state index is 12.6. The van der Waals surface area contributed by atoms with Crippen LogP contribution < -0.4 is 14.8 Å². The lowest BCUT2D eigenvalue weighted by Crippen LogP contribution is -2.37. The van der Waals surface area contributed by atoms with Crippen molar-refractivity contribution in [3.05, 3.63) is 53.1 Å². The van der Waals surface area contributed by atoms with Crippen molar-refractivity contribution in [2.45, 2.75) is 6.92 Å². The van der Waals surface area contributed by atoms with Gasteiger partial charge in [0, 0.05) is 28.9 Å². The van der Waals surface area contributed by atoms with E-state index in [0.717, 1.165) is 0 Å². The quantitative estimate of drug-likeness (QED) is 0.872. The van der Waals surface area contributed by atoms with Gasteiger partial charge in [0.15, 0.2) is 11.5 Å². The van der Waals surface area contributed by atoms with Crippen molar-refractivity contribution >= 4 is 29.1 Å². The third-order valence-corrected chi connectivity index (χ3v) is 4.14. The summed E-state index contributed by atoms with van der Waals surface area (Å²) >= 11 is 5.94. The molecule has 0 unspecified atom stereocenters. The Labute approximate surface area is 156 Å². The lowest BCUT2D eigenvalue weighted by molar-refractivity contribution is -0.116. The van der Waals surface area contributed by atoms with E-state index >= 15 is 0 Å². The van der Waals surface area contributed by atoms with Crippen LogP contribution in [0.4, 0.5) is 5.69 Å². The van der Waals surface area contributed by atoms with E-state index in [1.165, 1.54) is 4.90 Å². The molecule has 7 heteroatoms. The second-order valence-corrected chi connectivity index (χ2v) is 6.17. The predicted octanol–water partition coefficient (Wildman–Crippen LogP) is 3.21. The zero-order valence-corrected chi connectivity index (χ0v) is 15.1. The van der Waals surface area contributed by atoms with Crippen molar-refractivity contribution in [1.82, 2.24) is 4.90 Å². The number of nitrogens with zero attached hydrogens (tertiary/aromatic N) is 1. The van der Waals surface area contributed by atoms with E-state index in [1.807, 2.05) is 6.92 Å². The van der Waals surface area contributed by atoms with Crippen LogP contribution in [-0.4, -0.2) is 43.0 Å². The van der Waals surface area contributed by atoms with Crippen molar-refractivity contribution in [1.29, 1.82) is 0 Å². The van der Waals surface area contributed by atoms with E-state index < -0.39 is 0 Å². The Kier molecular flexibility index (Phi) is 5.63. The Morgan fingerprint density at radius 2 is 1.88 bits per heavy atom. The van der Waals surface area contributed by atoms with E-state index in [-0.39, 0.29) is 18.4 Å². The van der Waals surface area contributed by atoms with Gasteiger partial charge in [-0.25, -0.2) is 0 Å². The molecule has 1 N–H and O–H groups in total. The number of carbonyl (C=O) groups is 2. The van der Waals surface area contributed by atoms with E-state index in [4.69, 9.17) is 21.1 Å². The lowest BCUT2D eigenvalue weighted by atomic mass is 10.2. The van der Waals surface area contributed by atoms with Gasteiger partial charge in [0.05, 0.1) is 0 Å². The first-order valence-corrected chi connectivity index (χ1v) is 8.69. The van der Waals surface area contributed by atoms with Crippen molar-refractivity contribution in [3.8, 4) is 11.5 Å². The van der Waals surface area contributed by atoms with Crippen LogP contribution in [0.25, 0.3) is 0 Å². The SMILES string of the molecule is CCN(CC(=O)Nc1ccc2c(c1)OCCO2)C(=O)c1cccc(Cl)c1. The summed E-state index contributed by atoms with van der Waals surface area (Å²) < 4.78 is 11.0. The molecule has 136 valence electrons. The van der Waals surface area contributed by atoms with Crippen LogP contribution in [-0.2, 0) is 4.79 Å². The first kappa shape index (κ1) is 18.1. The molecule has 6 nitrogen and oxygen atoms in total. The smallest absolute Gasteiger partial charge is 0.254 e. The number of nitrogens with one attached hydrogen (secondary N) is 1. The Bertz CT molecular complexity index is 825. The minimum Gasteiger partial charge on any atom is -0.486 e.